The molecule has 132 valence electrons. The lowest BCUT2D eigenvalue weighted by Crippen LogP contribution is -2.47. The number of nitrogens with zero attached hydrogens (tertiary/aromatic N) is 2. The van der Waals surface area contributed by atoms with Gasteiger partial charge in [-0.2, -0.15) is 0 Å². The quantitative estimate of drug-likeness (QED) is 0.879. The lowest BCUT2D eigenvalue weighted by Gasteiger charge is -2.36. The fourth-order valence-corrected chi connectivity index (χ4v) is 4.00. The highest BCUT2D eigenvalue weighted by Crippen LogP contribution is 2.25. The summed E-state index contributed by atoms with van der Waals surface area (Å²) in [6.45, 7) is 4.61. The molecule has 0 saturated carbocycles. The first kappa shape index (κ1) is 17.2. The third-order valence-electron chi connectivity index (χ3n) is 5.30. The largest absolute Gasteiger partial charge is 0.480 e. The van der Waals surface area contributed by atoms with E-state index in [1.807, 2.05) is 24.9 Å². The van der Waals surface area contributed by atoms with Crippen molar-refractivity contribution in [1.82, 2.24) is 10.2 Å². The molecule has 5 nitrogen and oxygen atoms in total. The van der Waals surface area contributed by atoms with Gasteiger partial charge in [0, 0.05) is 37.4 Å². The number of benzene rings is 1. The second-order valence-corrected chi connectivity index (χ2v) is 7.09. The van der Waals surface area contributed by atoms with Crippen LogP contribution in [0.3, 0.4) is 0 Å². The van der Waals surface area contributed by atoms with Crippen LogP contribution in [0.1, 0.15) is 24.8 Å². The minimum Gasteiger partial charge on any atom is -0.480 e. The van der Waals surface area contributed by atoms with Crippen LogP contribution in [0.15, 0.2) is 18.2 Å². The average Bonchev–Trinajstić information content (AvgIpc) is 2.89. The first-order valence-electron chi connectivity index (χ1n) is 8.64. The van der Waals surface area contributed by atoms with Crippen LogP contribution < -0.4 is 10.2 Å². The van der Waals surface area contributed by atoms with E-state index in [2.05, 4.69) is 10.2 Å². The Morgan fingerprint density at radius 3 is 2.58 bits per heavy atom. The standard InChI is InChI=1S/C18H26FN3O2/c1-12-9-13(19)3-4-16(12)22-7-5-14(6-8-22)20-15-10-17(18(23)24)21(2)11-15/h3-4,9,14-15,17,20H,5-8,10-11H2,1-2H3,(H,23,24)/t15-,17+/m1/s1. The van der Waals surface area contributed by atoms with Gasteiger partial charge in [-0.05, 0) is 57.0 Å². The number of piperidine rings is 1. The van der Waals surface area contributed by atoms with Gasteiger partial charge in [0.1, 0.15) is 11.9 Å². The Labute approximate surface area is 142 Å². The molecule has 0 radical (unpaired) electrons. The lowest BCUT2D eigenvalue weighted by atomic mass is 10.0. The third kappa shape index (κ3) is 3.70. The van der Waals surface area contributed by atoms with Gasteiger partial charge in [-0.15, -0.1) is 0 Å². The van der Waals surface area contributed by atoms with Crippen molar-refractivity contribution in [2.45, 2.75) is 44.3 Å². The number of aryl methyl sites for hydroxylation is 1. The molecule has 2 aliphatic rings. The van der Waals surface area contributed by atoms with Crippen molar-refractivity contribution < 1.29 is 14.3 Å². The van der Waals surface area contributed by atoms with Crippen LogP contribution in [0.5, 0.6) is 0 Å². The monoisotopic (exact) mass is 335 g/mol. The van der Waals surface area contributed by atoms with Gasteiger partial charge in [0.15, 0.2) is 0 Å². The number of hydrogen-bond donors (Lipinski definition) is 2. The van der Waals surface area contributed by atoms with Crippen LogP contribution in [0.4, 0.5) is 10.1 Å². The highest BCUT2D eigenvalue weighted by molar-refractivity contribution is 5.74. The maximum Gasteiger partial charge on any atom is 0.320 e. The number of carboxylic acid groups (broad SMARTS) is 1. The maximum absolute atomic E-state index is 13.2. The van der Waals surface area contributed by atoms with E-state index in [9.17, 15) is 14.3 Å². The molecular formula is C18H26FN3O2. The highest BCUT2D eigenvalue weighted by Gasteiger charge is 2.35. The second-order valence-electron chi connectivity index (χ2n) is 7.09. The van der Waals surface area contributed by atoms with Gasteiger partial charge < -0.3 is 15.3 Å². The number of nitrogens with one attached hydrogen (secondary N) is 1. The average molecular weight is 335 g/mol. The maximum atomic E-state index is 13.2. The van der Waals surface area contributed by atoms with Crippen LogP contribution >= 0.6 is 0 Å². The van der Waals surface area contributed by atoms with Crippen molar-refractivity contribution in [1.29, 1.82) is 0 Å². The van der Waals surface area contributed by atoms with Crippen molar-refractivity contribution in [3.8, 4) is 0 Å². The second kappa shape index (κ2) is 7.07. The number of rotatable bonds is 4. The summed E-state index contributed by atoms with van der Waals surface area (Å²) in [4.78, 5) is 15.4. The molecule has 0 aliphatic carbocycles. The van der Waals surface area contributed by atoms with Crippen LogP contribution in [0.25, 0.3) is 0 Å². The number of anilines is 1. The molecule has 1 aromatic rings. The predicted molar refractivity (Wildman–Crippen MR) is 92.0 cm³/mol. The molecule has 2 fully saturated rings. The number of carbonyl (C=O) groups is 1. The molecule has 1 aromatic carbocycles. The number of likely N-dealkylation sites (N-methyl/N-ethyl adjacent to an activating group) is 1. The molecule has 3 rings (SSSR count). The number of halogens is 1. The molecule has 0 bridgehead atoms. The van der Waals surface area contributed by atoms with Crippen molar-refractivity contribution in [2.75, 3.05) is 31.6 Å². The molecule has 0 spiro atoms. The number of aliphatic carboxylic acids is 1. The van der Waals surface area contributed by atoms with Crippen LogP contribution in [0.2, 0.25) is 0 Å². The number of carboxylic acids is 1. The molecule has 2 atom stereocenters. The van der Waals surface area contributed by atoms with Gasteiger partial charge in [0.2, 0.25) is 0 Å². The molecule has 2 heterocycles. The van der Waals surface area contributed by atoms with Gasteiger partial charge >= 0.3 is 5.97 Å². The Kier molecular flexibility index (Phi) is 5.06. The van der Waals surface area contributed by atoms with E-state index < -0.39 is 5.97 Å². The summed E-state index contributed by atoms with van der Waals surface area (Å²) < 4.78 is 13.2. The van der Waals surface area contributed by atoms with Gasteiger partial charge in [0.05, 0.1) is 0 Å². The summed E-state index contributed by atoms with van der Waals surface area (Å²) >= 11 is 0. The van der Waals surface area contributed by atoms with Crippen molar-refractivity contribution >= 4 is 11.7 Å². The SMILES string of the molecule is Cc1cc(F)ccc1N1CCC(N[C@@H]2C[C@@H](C(=O)O)N(C)C2)CC1. The van der Waals surface area contributed by atoms with E-state index >= 15 is 0 Å². The summed E-state index contributed by atoms with van der Waals surface area (Å²) in [6, 6.07) is 5.27. The first-order valence-corrected chi connectivity index (χ1v) is 8.64. The smallest absolute Gasteiger partial charge is 0.320 e. The van der Waals surface area contributed by atoms with E-state index in [-0.39, 0.29) is 17.9 Å². The Morgan fingerprint density at radius 1 is 1.29 bits per heavy atom. The van der Waals surface area contributed by atoms with Gasteiger partial charge in [0.25, 0.3) is 0 Å². The number of likely N-dealkylation sites (tertiary alicyclic amines) is 1. The van der Waals surface area contributed by atoms with Gasteiger partial charge in [-0.25, -0.2) is 4.39 Å². The molecular weight excluding hydrogens is 309 g/mol. The van der Waals surface area contributed by atoms with Crippen molar-refractivity contribution in [3.63, 3.8) is 0 Å². The summed E-state index contributed by atoms with van der Waals surface area (Å²) in [5, 5.41) is 12.8. The van der Waals surface area contributed by atoms with Crippen molar-refractivity contribution in [3.05, 3.63) is 29.6 Å². The predicted octanol–water partition coefficient (Wildman–Crippen LogP) is 1.85. The summed E-state index contributed by atoms with van der Waals surface area (Å²) in [5.74, 6) is -0.922. The summed E-state index contributed by atoms with van der Waals surface area (Å²) in [5.41, 5.74) is 2.09. The van der Waals surface area contributed by atoms with Crippen molar-refractivity contribution in [2.24, 2.45) is 0 Å². The molecule has 0 unspecified atom stereocenters. The molecule has 24 heavy (non-hydrogen) atoms. The zero-order chi connectivity index (χ0) is 17.3. The Balaban J connectivity index is 1.52. The van der Waals surface area contributed by atoms with Gasteiger partial charge in [-0.3, -0.25) is 9.69 Å². The highest BCUT2D eigenvalue weighted by atomic mass is 19.1. The van der Waals surface area contributed by atoms with E-state index in [1.165, 1.54) is 6.07 Å². The Bertz CT molecular complexity index is 602. The molecule has 2 aliphatic heterocycles. The van der Waals surface area contributed by atoms with Gasteiger partial charge in [-0.1, -0.05) is 0 Å². The van der Waals surface area contributed by atoms with E-state index in [1.54, 1.807) is 6.07 Å². The fourth-order valence-electron chi connectivity index (χ4n) is 4.00. The topological polar surface area (TPSA) is 55.8 Å². The van der Waals surface area contributed by atoms with E-state index in [0.29, 0.717) is 12.5 Å². The molecule has 0 amide bonds. The minimum atomic E-state index is -0.733. The van der Waals surface area contributed by atoms with Crippen LogP contribution in [0, 0.1) is 12.7 Å². The van der Waals surface area contributed by atoms with E-state index in [0.717, 1.165) is 43.7 Å². The number of hydrogen-bond acceptors (Lipinski definition) is 4. The zero-order valence-corrected chi connectivity index (χ0v) is 14.3. The Morgan fingerprint density at radius 2 is 2.00 bits per heavy atom. The normalized spacial score (nSPS) is 26.0. The lowest BCUT2D eigenvalue weighted by molar-refractivity contribution is -0.141. The first-order chi connectivity index (χ1) is 11.4. The molecule has 6 heteroatoms. The van der Waals surface area contributed by atoms with Crippen LogP contribution in [-0.4, -0.2) is 60.8 Å². The third-order valence-corrected chi connectivity index (χ3v) is 5.30. The minimum absolute atomic E-state index is 0.189. The molecule has 2 N–H and O–H groups in total. The van der Waals surface area contributed by atoms with E-state index in [4.69, 9.17) is 0 Å². The summed E-state index contributed by atoms with van der Waals surface area (Å²) in [6.07, 6.45) is 2.71. The Hall–Kier alpha value is -1.66. The fraction of sp³-hybridized carbons (Fsp3) is 0.611. The van der Waals surface area contributed by atoms with Crippen LogP contribution in [-0.2, 0) is 4.79 Å². The zero-order valence-electron chi connectivity index (χ0n) is 14.3. The summed E-state index contributed by atoms with van der Waals surface area (Å²) in [7, 11) is 1.88. The molecule has 2 saturated heterocycles. The molecule has 0 aromatic heterocycles.